The van der Waals surface area contributed by atoms with Crippen molar-refractivity contribution in [3.05, 3.63) is 40.4 Å². The van der Waals surface area contributed by atoms with Gasteiger partial charge >= 0.3 is 0 Å². The van der Waals surface area contributed by atoms with Gasteiger partial charge in [0.1, 0.15) is 11.3 Å². The van der Waals surface area contributed by atoms with E-state index in [-0.39, 0.29) is 6.04 Å². The van der Waals surface area contributed by atoms with E-state index in [1.807, 2.05) is 36.7 Å². The van der Waals surface area contributed by atoms with Crippen molar-refractivity contribution in [3.63, 3.8) is 0 Å². The lowest BCUT2D eigenvalue weighted by atomic mass is 10.2. The van der Waals surface area contributed by atoms with Crippen molar-refractivity contribution >= 4 is 38.8 Å². The molecular weight excluding hydrogens is 326 g/mol. The maximum absolute atomic E-state index is 5.62. The second-order valence-electron chi connectivity index (χ2n) is 4.22. The number of thiocarbonyl (C=S) groups is 1. The number of anilines is 1. The minimum atomic E-state index is 0.0510. The number of nitrogens with zero attached hydrogens (tertiary/aromatic N) is 3. The monoisotopic (exact) mass is 339 g/mol. The van der Waals surface area contributed by atoms with E-state index in [2.05, 4.69) is 31.4 Å². The molecule has 0 aliphatic rings. The number of hydrogen-bond donors (Lipinski definition) is 2. The summed E-state index contributed by atoms with van der Waals surface area (Å²) in [5.74, 6) is 0.870. The van der Waals surface area contributed by atoms with Crippen LogP contribution in [0.3, 0.4) is 0 Å². The zero-order chi connectivity index (χ0) is 14.0. The van der Waals surface area contributed by atoms with Crippen molar-refractivity contribution in [2.24, 2.45) is 12.8 Å². The summed E-state index contributed by atoms with van der Waals surface area (Å²) in [5, 5.41) is 11.3. The van der Waals surface area contributed by atoms with Crippen LogP contribution >= 0.6 is 28.1 Å². The highest BCUT2D eigenvalue weighted by molar-refractivity contribution is 9.10. The number of nitrogens with one attached hydrogen (secondary N) is 1. The molecule has 0 aliphatic heterocycles. The summed E-state index contributed by atoms with van der Waals surface area (Å²) >= 11 is 8.43. The Kier molecular flexibility index (Phi) is 4.16. The number of rotatable bonds is 4. The minimum absolute atomic E-state index is 0.0510. The predicted molar refractivity (Wildman–Crippen MR) is 83.1 cm³/mol. The van der Waals surface area contributed by atoms with Crippen LogP contribution in [0.25, 0.3) is 0 Å². The van der Waals surface area contributed by atoms with Gasteiger partial charge in [0.05, 0.1) is 6.04 Å². The smallest absolute Gasteiger partial charge is 0.154 e. The van der Waals surface area contributed by atoms with Gasteiger partial charge < -0.3 is 15.6 Å². The Hall–Kier alpha value is -1.47. The summed E-state index contributed by atoms with van der Waals surface area (Å²) < 4.78 is 2.76. The molecule has 2 aromatic rings. The highest BCUT2D eigenvalue weighted by Gasteiger charge is 2.12. The van der Waals surface area contributed by atoms with Gasteiger partial charge in [-0.2, -0.15) is 0 Å². The third kappa shape index (κ3) is 3.10. The van der Waals surface area contributed by atoms with Gasteiger partial charge in [0, 0.05) is 22.8 Å². The summed E-state index contributed by atoms with van der Waals surface area (Å²) in [6, 6.07) is 5.82. The predicted octanol–water partition coefficient (Wildman–Crippen LogP) is 2.38. The van der Waals surface area contributed by atoms with Gasteiger partial charge in [-0.3, -0.25) is 0 Å². The van der Waals surface area contributed by atoms with Crippen molar-refractivity contribution < 1.29 is 0 Å². The molecule has 5 nitrogen and oxygen atoms in total. The standard InChI is InChI=1S/C12H14BrN5S/c1-7(12-17-15-6-18(12)2)16-8-3-4-9(11(14)19)10(13)5-8/h3-7,16H,1-2H3,(H2,14,19). The normalized spacial score (nSPS) is 12.2. The fraction of sp³-hybridized carbons (Fsp3) is 0.250. The first-order valence-corrected chi connectivity index (χ1v) is 6.89. The summed E-state index contributed by atoms with van der Waals surface area (Å²) in [6.45, 7) is 2.03. The van der Waals surface area contributed by atoms with Gasteiger partial charge in [-0.25, -0.2) is 0 Å². The fourth-order valence-electron chi connectivity index (χ4n) is 1.80. The zero-order valence-corrected chi connectivity index (χ0v) is 13.0. The molecular formula is C12H14BrN5S. The average Bonchev–Trinajstić information content (AvgIpc) is 2.75. The second kappa shape index (κ2) is 5.66. The van der Waals surface area contributed by atoms with E-state index in [9.17, 15) is 0 Å². The van der Waals surface area contributed by atoms with Crippen LogP contribution in [0.1, 0.15) is 24.4 Å². The molecule has 0 fully saturated rings. The van der Waals surface area contributed by atoms with Gasteiger partial charge in [0.2, 0.25) is 0 Å². The third-order valence-corrected chi connectivity index (χ3v) is 3.63. The van der Waals surface area contributed by atoms with Crippen LogP contribution in [0.5, 0.6) is 0 Å². The van der Waals surface area contributed by atoms with Gasteiger partial charge in [-0.1, -0.05) is 12.2 Å². The molecule has 1 aromatic heterocycles. The first-order valence-electron chi connectivity index (χ1n) is 5.69. The number of aromatic nitrogens is 3. The highest BCUT2D eigenvalue weighted by atomic mass is 79.9. The summed E-state index contributed by atoms with van der Waals surface area (Å²) in [4.78, 5) is 0.375. The fourth-order valence-corrected chi connectivity index (χ4v) is 2.71. The Morgan fingerprint density at radius 3 is 2.79 bits per heavy atom. The van der Waals surface area contributed by atoms with E-state index in [0.717, 1.165) is 21.5 Å². The molecule has 2 rings (SSSR count). The molecule has 3 N–H and O–H groups in total. The molecule has 0 saturated heterocycles. The number of nitrogens with two attached hydrogens (primary N) is 1. The minimum Gasteiger partial charge on any atom is -0.389 e. The van der Waals surface area contributed by atoms with Crippen LogP contribution in [-0.4, -0.2) is 19.8 Å². The maximum atomic E-state index is 5.62. The van der Waals surface area contributed by atoms with E-state index in [4.69, 9.17) is 18.0 Å². The zero-order valence-electron chi connectivity index (χ0n) is 10.6. The lowest BCUT2D eigenvalue weighted by molar-refractivity contribution is 0.719. The lowest BCUT2D eigenvalue weighted by Gasteiger charge is -2.15. The number of hydrogen-bond acceptors (Lipinski definition) is 4. The van der Waals surface area contributed by atoms with Gasteiger partial charge in [-0.05, 0) is 41.1 Å². The summed E-state index contributed by atoms with van der Waals surface area (Å²) in [5.41, 5.74) is 7.41. The Bertz CT molecular complexity index is 610. The van der Waals surface area contributed by atoms with Crippen molar-refractivity contribution in [2.45, 2.75) is 13.0 Å². The van der Waals surface area contributed by atoms with Crippen molar-refractivity contribution in [3.8, 4) is 0 Å². The molecule has 1 heterocycles. The molecule has 1 unspecified atom stereocenters. The molecule has 0 aliphatic carbocycles. The first kappa shape index (κ1) is 14.0. The largest absolute Gasteiger partial charge is 0.389 e. The van der Waals surface area contributed by atoms with E-state index in [0.29, 0.717) is 4.99 Å². The molecule has 100 valence electrons. The maximum Gasteiger partial charge on any atom is 0.154 e. The van der Waals surface area contributed by atoms with Crippen LogP contribution in [0.4, 0.5) is 5.69 Å². The van der Waals surface area contributed by atoms with E-state index in [1.165, 1.54) is 0 Å². The van der Waals surface area contributed by atoms with Crippen molar-refractivity contribution in [1.29, 1.82) is 0 Å². The van der Waals surface area contributed by atoms with Gasteiger partial charge in [-0.15, -0.1) is 10.2 Å². The first-order chi connectivity index (χ1) is 8.99. The molecule has 1 atom stereocenters. The summed E-state index contributed by atoms with van der Waals surface area (Å²) in [7, 11) is 1.92. The van der Waals surface area contributed by atoms with Crippen LogP contribution in [0.2, 0.25) is 0 Å². The Balaban J connectivity index is 2.18. The molecule has 0 radical (unpaired) electrons. The molecule has 0 amide bonds. The molecule has 7 heteroatoms. The molecule has 1 aromatic carbocycles. The van der Waals surface area contributed by atoms with Crippen LogP contribution in [0.15, 0.2) is 29.0 Å². The van der Waals surface area contributed by atoms with Gasteiger partial charge in [0.15, 0.2) is 5.82 Å². The number of benzene rings is 1. The van der Waals surface area contributed by atoms with Crippen LogP contribution in [-0.2, 0) is 7.05 Å². The highest BCUT2D eigenvalue weighted by Crippen LogP contribution is 2.24. The third-order valence-electron chi connectivity index (χ3n) is 2.75. The van der Waals surface area contributed by atoms with Gasteiger partial charge in [0.25, 0.3) is 0 Å². The Morgan fingerprint density at radius 2 is 2.26 bits per heavy atom. The van der Waals surface area contributed by atoms with Crippen molar-refractivity contribution in [1.82, 2.24) is 14.8 Å². The Morgan fingerprint density at radius 1 is 1.53 bits per heavy atom. The number of aryl methyl sites for hydroxylation is 1. The Labute approximate surface area is 125 Å². The summed E-state index contributed by atoms with van der Waals surface area (Å²) in [6.07, 6.45) is 1.68. The molecule has 0 saturated carbocycles. The average molecular weight is 340 g/mol. The molecule has 0 spiro atoms. The quantitative estimate of drug-likeness (QED) is 0.837. The second-order valence-corrected chi connectivity index (χ2v) is 5.52. The van der Waals surface area contributed by atoms with E-state index >= 15 is 0 Å². The van der Waals surface area contributed by atoms with Crippen molar-refractivity contribution in [2.75, 3.05) is 5.32 Å². The lowest BCUT2D eigenvalue weighted by Crippen LogP contribution is -2.13. The van der Waals surface area contributed by atoms with Crippen LogP contribution < -0.4 is 11.1 Å². The van der Waals surface area contributed by atoms with E-state index < -0.39 is 0 Å². The topological polar surface area (TPSA) is 68.8 Å². The molecule has 0 bridgehead atoms. The van der Waals surface area contributed by atoms with E-state index in [1.54, 1.807) is 6.33 Å². The molecule has 19 heavy (non-hydrogen) atoms. The SMILES string of the molecule is CC(Nc1ccc(C(N)=S)c(Br)c1)c1nncn1C. The number of halogens is 1. The van der Waals surface area contributed by atoms with Crippen LogP contribution in [0, 0.1) is 0 Å².